The number of aliphatic carboxylic acids is 2. The van der Waals surface area contributed by atoms with Crippen LogP contribution in [0.3, 0.4) is 0 Å². The molecule has 0 aromatic carbocycles. The minimum absolute atomic E-state index is 1.16. The Morgan fingerprint density at radius 1 is 1.25 bits per heavy atom. The fourth-order valence-corrected chi connectivity index (χ4v) is 0.572. The molecule has 0 aromatic rings. The number of carboxylic acid groups (broad SMARTS) is 2. The summed E-state index contributed by atoms with van der Waals surface area (Å²) in [5.41, 5.74) is 5.02. The zero-order chi connectivity index (χ0) is 9.89. The highest BCUT2D eigenvalue weighted by molar-refractivity contribution is 6.34. The molecule has 0 radical (unpaired) electrons. The van der Waals surface area contributed by atoms with Crippen LogP contribution >= 0.6 is 0 Å². The van der Waals surface area contributed by atoms with Crippen molar-refractivity contribution in [1.82, 2.24) is 0 Å². The number of Topliss-reactive ketones (excluding diaryl/α,β-unsaturated/α-hetero) is 1. The lowest BCUT2D eigenvalue weighted by Crippen LogP contribution is -2.42. The van der Waals surface area contributed by atoms with Crippen LogP contribution in [-0.2, 0) is 14.4 Å². The molecule has 0 aromatic heterocycles. The molecule has 0 saturated carbocycles. The molecule has 6 heteroatoms. The molecular formula is C6H9NO5. The first-order chi connectivity index (χ1) is 5.37. The number of hydrogen-bond acceptors (Lipinski definition) is 4. The Morgan fingerprint density at radius 3 is 1.92 bits per heavy atom. The van der Waals surface area contributed by atoms with Gasteiger partial charge in [-0.1, -0.05) is 6.92 Å². The average molecular weight is 175 g/mol. The topological polar surface area (TPSA) is 118 Å². The quantitative estimate of drug-likeness (QED) is 0.456. The van der Waals surface area contributed by atoms with Crippen molar-refractivity contribution in [3.63, 3.8) is 0 Å². The Hall–Kier alpha value is -1.43. The van der Waals surface area contributed by atoms with Gasteiger partial charge >= 0.3 is 11.9 Å². The zero-order valence-electron chi connectivity index (χ0n) is 6.35. The first-order valence-corrected chi connectivity index (χ1v) is 3.13. The molecule has 12 heavy (non-hydrogen) atoms. The summed E-state index contributed by atoms with van der Waals surface area (Å²) in [6, 6.07) is -1.46. The molecule has 2 atom stereocenters. The van der Waals surface area contributed by atoms with Crippen molar-refractivity contribution in [3.05, 3.63) is 0 Å². The summed E-state index contributed by atoms with van der Waals surface area (Å²) >= 11 is 0. The van der Waals surface area contributed by atoms with Crippen LogP contribution in [0.5, 0.6) is 0 Å². The molecule has 0 amide bonds. The number of nitrogens with two attached hydrogens (primary N) is 1. The molecule has 6 nitrogen and oxygen atoms in total. The molecule has 0 aliphatic heterocycles. The first kappa shape index (κ1) is 10.6. The second-order valence-electron chi connectivity index (χ2n) is 2.32. The predicted octanol–water partition coefficient (Wildman–Crippen LogP) is -1.31. The van der Waals surface area contributed by atoms with Crippen molar-refractivity contribution in [3.8, 4) is 0 Å². The van der Waals surface area contributed by atoms with Gasteiger partial charge in [0.1, 0.15) is 6.04 Å². The van der Waals surface area contributed by atoms with Gasteiger partial charge in [0.25, 0.3) is 0 Å². The van der Waals surface area contributed by atoms with Crippen LogP contribution in [0.2, 0.25) is 0 Å². The second-order valence-corrected chi connectivity index (χ2v) is 2.32. The van der Waals surface area contributed by atoms with E-state index in [0.717, 1.165) is 6.92 Å². The molecule has 0 bridgehead atoms. The Kier molecular flexibility index (Phi) is 3.36. The van der Waals surface area contributed by atoms with E-state index in [4.69, 9.17) is 15.9 Å². The van der Waals surface area contributed by atoms with Gasteiger partial charge in [-0.15, -0.1) is 0 Å². The average Bonchev–Trinajstić information content (AvgIpc) is 2.00. The van der Waals surface area contributed by atoms with Gasteiger partial charge in [0.2, 0.25) is 5.78 Å². The highest BCUT2D eigenvalue weighted by atomic mass is 16.4. The van der Waals surface area contributed by atoms with E-state index in [-0.39, 0.29) is 0 Å². The van der Waals surface area contributed by atoms with Crippen molar-refractivity contribution in [1.29, 1.82) is 0 Å². The lowest BCUT2D eigenvalue weighted by Gasteiger charge is -2.11. The summed E-state index contributed by atoms with van der Waals surface area (Å²) < 4.78 is 0. The Bertz CT molecular complexity index is 224. The molecule has 0 spiro atoms. The van der Waals surface area contributed by atoms with E-state index >= 15 is 0 Å². The number of carboxylic acids is 2. The van der Waals surface area contributed by atoms with E-state index in [2.05, 4.69) is 0 Å². The molecule has 0 heterocycles. The highest BCUT2D eigenvalue weighted by Gasteiger charge is 2.30. The minimum Gasteiger partial charge on any atom is -0.480 e. The molecular weight excluding hydrogens is 166 g/mol. The molecule has 0 aliphatic carbocycles. The highest BCUT2D eigenvalue weighted by Crippen LogP contribution is 2.02. The van der Waals surface area contributed by atoms with Crippen LogP contribution in [0.1, 0.15) is 6.92 Å². The van der Waals surface area contributed by atoms with E-state index in [9.17, 15) is 14.4 Å². The van der Waals surface area contributed by atoms with Gasteiger partial charge in [-0.05, 0) is 0 Å². The third kappa shape index (κ3) is 2.31. The molecule has 0 fully saturated rings. The van der Waals surface area contributed by atoms with Gasteiger partial charge < -0.3 is 15.9 Å². The maximum Gasteiger partial charge on any atom is 0.372 e. The predicted molar refractivity (Wildman–Crippen MR) is 37.4 cm³/mol. The van der Waals surface area contributed by atoms with Crippen molar-refractivity contribution in [2.75, 3.05) is 0 Å². The lowest BCUT2D eigenvalue weighted by molar-refractivity contribution is -0.152. The molecule has 0 aliphatic rings. The van der Waals surface area contributed by atoms with Crippen molar-refractivity contribution >= 4 is 17.7 Å². The van der Waals surface area contributed by atoms with Crippen LogP contribution in [0, 0.1) is 5.92 Å². The monoisotopic (exact) mass is 175 g/mol. The fraction of sp³-hybridized carbons (Fsp3) is 0.500. The van der Waals surface area contributed by atoms with Crippen LogP contribution in [-0.4, -0.2) is 34.0 Å². The summed E-state index contributed by atoms with van der Waals surface area (Å²) in [6.07, 6.45) is 0. The maximum absolute atomic E-state index is 10.6. The van der Waals surface area contributed by atoms with Crippen molar-refractivity contribution in [2.24, 2.45) is 11.7 Å². The number of hydrogen-bond donors (Lipinski definition) is 3. The van der Waals surface area contributed by atoms with Crippen molar-refractivity contribution < 1.29 is 24.6 Å². The number of rotatable bonds is 4. The van der Waals surface area contributed by atoms with E-state index < -0.39 is 29.7 Å². The van der Waals surface area contributed by atoms with Crippen LogP contribution in [0.25, 0.3) is 0 Å². The Balaban J connectivity index is 4.39. The SMILES string of the molecule is C[C@@H](C(=O)C(=O)O)[C@H](N)C(=O)O. The molecule has 0 rings (SSSR count). The van der Waals surface area contributed by atoms with E-state index in [1.54, 1.807) is 0 Å². The standard InChI is InChI=1S/C6H9NO5/c1-2(3(7)5(9)10)4(8)6(11)12/h2-3H,7H2,1H3,(H,9,10)(H,11,12)/t2-,3+/m1/s1. The van der Waals surface area contributed by atoms with Gasteiger partial charge in [-0.3, -0.25) is 9.59 Å². The van der Waals surface area contributed by atoms with Crippen molar-refractivity contribution in [2.45, 2.75) is 13.0 Å². The largest absolute Gasteiger partial charge is 0.480 e. The number of carbonyl (C=O) groups is 3. The molecule has 0 unspecified atom stereocenters. The molecule has 68 valence electrons. The third-order valence-corrected chi connectivity index (χ3v) is 1.45. The summed E-state index contributed by atoms with van der Waals surface area (Å²) in [5, 5.41) is 16.5. The molecule has 0 saturated heterocycles. The number of carbonyl (C=O) groups excluding carboxylic acids is 1. The second kappa shape index (κ2) is 3.82. The molecule has 4 N–H and O–H groups in total. The smallest absolute Gasteiger partial charge is 0.372 e. The van der Waals surface area contributed by atoms with Crippen LogP contribution in [0.15, 0.2) is 0 Å². The van der Waals surface area contributed by atoms with E-state index in [1.165, 1.54) is 0 Å². The van der Waals surface area contributed by atoms with Gasteiger partial charge in [0, 0.05) is 0 Å². The first-order valence-electron chi connectivity index (χ1n) is 3.13. The van der Waals surface area contributed by atoms with Gasteiger partial charge in [0.05, 0.1) is 5.92 Å². The Morgan fingerprint density at radius 2 is 1.67 bits per heavy atom. The van der Waals surface area contributed by atoms with E-state index in [1.807, 2.05) is 0 Å². The minimum atomic E-state index is -1.67. The summed E-state index contributed by atoms with van der Waals surface area (Å²) in [5.74, 6) is -5.46. The van der Waals surface area contributed by atoms with Crippen LogP contribution < -0.4 is 5.73 Å². The lowest BCUT2D eigenvalue weighted by atomic mass is 9.98. The maximum atomic E-state index is 10.6. The summed E-state index contributed by atoms with van der Waals surface area (Å²) in [6.45, 7) is 1.16. The van der Waals surface area contributed by atoms with Gasteiger partial charge in [0.15, 0.2) is 0 Å². The van der Waals surface area contributed by atoms with Crippen LogP contribution in [0.4, 0.5) is 0 Å². The van der Waals surface area contributed by atoms with E-state index in [0.29, 0.717) is 0 Å². The van der Waals surface area contributed by atoms with Gasteiger partial charge in [-0.2, -0.15) is 0 Å². The normalized spacial score (nSPS) is 14.8. The Labute approximate surface area is 68.0 Å². The summed E-state index contributed by atoms with van der Waals surface area (Å²) in [7, 11) is 0. The van der Waals surface area contributed by atoms with Gasteiger partial charge in [-0.25, -0.2) is 4.79 Å². The third-order valence-electron chi connectivity index (χ3n) is 1.45. The number of ketones is 1. The summed E-state index contributed by atoms with van der Waals surface area (Å²) in [4.78, 5) is 30.9. The zero-order valence-corrected chi connectivity index (χ0v) is 6.35. The fourth-order valence-electron chi connectivity index (χ4n) is 0.572.